The first-order chi connectivity index (χ1) is 8.18. The van der Waals surface area contributed by atoms with Crippen LogP contribution in [0.5, 0.6) is 0 Å². The van der Waals surface area contributed by atoms with Crippen molar-refractivity contribution in [2.45, 2.75) is 23.8 Å². The lowest BCUT2D eigenvalue weighted by molar-refractivity contribution is 0.146. The molecule has 1 atom stereocenters. The third-order valence-corrected chi connectivity index (χ3v) is 3.40. The van der Waals surface area contributed by atoms with Gasteiger partial charge < -0.3 is 11.1 Å². The van der Waals surface area contributed by atoms with Gasteiger partial charge in [0.2, 0.25) is 0 Å². The van der Waals surface area contributed by atoms with Gasteiger partial charge in [0.15, 0.2) is 0 Å². The van der Waals surface area contributed by atoms with Crippen LogP contribution in [0.25, 0.3) is 0 Å². The molecule has 1 rings (SSSR count). The molecule has 17 heavy (non-hydrogen) atoms. The Morgan fingerprint density at radius 3 is 2.59 bits per heavy atom. The van der Waals surface area contributed by atoms with E-state index >= 15 is 0 Å². The number of hydrogen-bond donors (Lipinski definition) is 2. The van der Waals surface area contributed by atoms with Gasteiger partial charge in [-0.15, -0.1) is 11.8 Å². The van der Waals surface area contributed by atoms with Gasteiger partial charge in [0.1, 0.15) is 0 Å². The van der Waals surface area contributed by atoms with Gasteiger partial charge in [0, 0.05) is 16.7 Å². The van der Waals surface area contributed by atoms with Crippen LogP contribution in [0.1, 0.15) is 6.42 Å². The summed E-state index contributed by atoms with van der Waals surface area (Å²) in [4.78, 5) is 1.18. The molecule has 96 valence electrons. The van der Waals surface area contributed by atoms with Gasteiger partial charge in [0.05, 0.1) is 6.54 Å². The Bertz CT molecular complexity index is 296. The highest BCUT2D eigenvalue weighted by Gasteiger charge is 2.05. The smallest absolute Gasteiger partial charge is 0.250 e. The van der Waals surface area contributed by atoms with E-state index in [1.165, 1.54) is 4.90 Å². The normalized spacial score (nSPS) is 12.9. The van der Waals surface area contributed by atoms with Crippen molar-refractivity contribution in [1.29, 1.82) is 0 Å². The maximum atomic E-state index is 11.8. The molecule has 1 aromatic carbocycles. The molecule has 3 N–H and O–H groups in total. The molecule has 0 aliphatic heterocycles. The quantitative estimate of drug-likeness (QED) is 0.556. The summed E-state index contributed by atoms with van der Waals surface area (Å²) < 4.78 is 23.7. The molecule has 0 fully saturated rings. The van der Waals surface area contributed by atoms with Gasteiger partial charge in [-0.25, -0.2) is 8.78 Å². The van der Waals surface area contributed by atoms with Gasteiger partial charge in [-0.3, -0.25) is 0 Å². The second kappa shape index (κ2) is 8.44. The van der Waals surface area contributed by atoms with Crippen molar-refractivity contribution in [2.24, 2.45) is 5.73 Å². The Balaban J connectivity index is 2.07. The number of nitrogens with one attached hydrogen (secondary N) is 1. The maximum absolute atomic E-state index is 11.8. The summed E-state index contributed by atoms with van der Waals surface area (Å²) in [7, 11) is 0. The van der Waals surface area contributed by atoms with Crippen molar-refractivity contribution >= 4 is 11.8 Å². The van der Waals surface area contributed by atoms with Crippen LogP contribution in [0.3, 0.4) is 0 Å². The summed E-state index contributed by atoms with van der Waals surface area (Å²) in [5, 5.41) is 2.67. The minimum atomic E-state index is -2.29. The van der Waals surface area contributed by atoms with Gasteiger partial charge >= 0.3 is 0 Å². The van der Waals surface area contributed by atoms with Crippen LogP contribution in [0, 0.1) is 0 Å². The Hall–Kier alpha value is -0.650. The second-order valence-electron chi connectivity index (χ2n) is 3.77. The van der Waals surface area contributed by atoms with E-state index in [-0.39, 0.29) is 12.6 Å². The van der Waals surface area contributed by atoms with E-state index in [9.17, 15) is 8.78 Å². The zero-order chi connectivity index (χ0) is 12.5. The SMILES string of the molecule is N[C@H](CCNCC(F)F)CSc1ccccc1. The fourth-order valence-corrected chi connectivity index (χ4v) is 2.22. The van der Waals surface area contributed by atoms with Crippen molar-refractivity contribution in [3.63, 3.8) is 0 Å². The predicted octanol–water partition coefficient (Wildman–Crippen LogP) is 2.35. The highest BCUT2D eigenvalue weighted by atomic mass is 32.2. The minimum absolute atomic E-state index is 0.0328. The van der Waals surface area contributed by atoms with E-state index < -0.39 is 6.43 Å². The van der Waals surface area contributed by atoms with Crippen molar-refractivity contribution < 1.29 is 8.78 Å². The molecule has 0 bridgehead atoms. The fourth-order valence-electron chi connectivity index (χ4n) is 1.30. The van der Waals surface area contributed by atoms with Crippen molar-refractivity contribution in [2.75, 3.05) is 18.8 Å². The molecule has 0 spiro atoms. The Labute approximate surface area is 105 Å². The Morgan fingerprint density at radius 2 is 1.94 bits per heavy atom. The summed E-state index contributed by atoms with van der Waals surface area (Å²) in [5.74, 6) is 0.806. The number of nitrogens with two attached hydrogens (primary N) is 1. The number of thioether (sulfide) groups is 1. The molecule has 0 aliphatic carbocycles. The largest absolute Gasteiger partial charge is 0.327 e. The van der Waals surface area contributed by atoms with E-state index in [0.29, 0.717) is 13.0 Å². The Kier molecular flexibility index (Phi) is 7.16. The summed E-state index contributed by atoms with van der Waals surface area (Å²) >= 11 is 1.69. The molecule has 0 unspecified atom stereocenters. The minimum Gasteiger partial charge on any atom is -0.327 e. The maximum Gasteiger partial charge on any atom is 0.250 e. The lowest BCUT2D eigenvalue weighted by Crippen LogP contribution is -2.30. The summed E-state index contributed by atoms with van der Waals surface area (Å²) in [6.45, 7) is 0.291. The lowest BCUT2D eigenvalue weighted by Gasteiger charge is -2.11. The third kappa shape index (κ3) is 7.31. The van der Waals surface area contributed by atoms with Gasteiger partial charge in [-0.1, -0.05) is 18.2 Å². The van der Waals surface area contributed by atoms with E-state index in [2.05, 4.69) is 5.32 Å². The molecule has 0 saturated heterocycles. The van der Waals surface area contributed by atoms with Crippen LogP contribution in [-0.2, 0) is 0 Å². The van der Waals surface area contributed by atoms with Crippen LogP contribution in [0.2, 0.25) is 0 Å². The first-order valence-corrected chi connectivity index (χ1v) is 6.59. The molecular weight excluding hydrogens is 242 g/mol. The summed E-state index contributed by atoms with van der Waals surface area (Å²) in [6, 6.07) is 10.0. The predicted molar refractivity (Wildman–Crippen MR) is 68.6 cm³/mol. The van der Waals surface area contributed by atoms with Gasteiger partial charge in [0.25, 0.3) is 6.43 Å². The van der Waals surface area contributed by atoms with Gasteiger partial charge in [-0.2, -0.15) is 0 Å². The third-order valence-electron chi connectivity index (χ3n) is 2.20. The number of rotatable bonds is 8. The second-order valence-corrected chi connectivity index (χ2v) is 4.86. The molecule has 0 aliphatic rings. The van der Waals surface area contributed by atoms with Crippen LogP contribution in [0.15, 0.2) is 35.2 Å². The highest BCUT2D eigenvalue weighted by molar-refractivity contribution is 7.99. The average Bonchev–Trinajstić information content (AvgIpc) is 2.33. The standard InChI is InChI=1S/C12H18F2N2S/c13-12(14)8-16-7-6-10(15)9-17-11-4-2-1-3-5-11/h1-5,10,12,16H,6-9,15H2/t10-/m1/s1. The fraction of sp³-hybridized carbons (Fsp3) is 0.500. The average molecular weight is 260 g/mol. The first-order valence-electron chi connectivity index (χ1n) is 5.61. The van der Waals surface area contributed by atoms with E-state index in [0.717, 1.165) is 5.75 Å². The van der Waals surface area contributed by atoms with E-state index in [4.69, 9.17) is 5.73 Å². The van der Waals surface area contributed by atoms with Crippen molar-refractivity contribution in [3.05, 3.63) is 30.3 Å². The van der Waals surface area contributed by atoms with E-state index in [1.807, 2.05) is 30.3 Å². The molecule has 0 amide bonds. The number of hydrogen-bond acceptors (Lipinski definition) is 3. The zero-order valence-corrected chi connectivity index (χ0v) is 10.4. The number of benzene rings is 1. The monoisotopic (exact) mass is 260 g/mol. The number of halogens is 2. The summed E-state index contributed by atoms with van der Waals surface area (Å²) in [5.41, 5.74) is 5.89. The van der Waals surface area contributed by atoms with Crippen LogP contribution in [0.4, 0.5) is 8.78 Å². The molecule has 0 radical (unpaired) electrons. The van der Waals surface area contributed by atoms with Crippen LogP contribution in [-0.4, -0.2) is 31.3 Å². The molecule has 1 aromatic rings. The summed E-state index contributed by atoms with van der Waals surface area (Å²) in [6.07, 6.45) is -1.57. The zero-order valence-electron chi connectivity index (χ0n) is 9.61. The van der Waals surface area contributed by atoms with Crippen LogP contribution >= 0.6 is 11.8 Å². The topological polar surface area (TPSA) is 38.0 Å². The lowest BCUT2D eigenvalue weighted by atomic mass is 10.2. The molecule has 0 saturated carbocycles. The molecule has 0 heterocycles. The molecule has 0 aromatic heterocycles. The van der Waals surface area contributed by atoms with Crippen LogP contribution < -0.4 is 11.1 Å². The Morgan fingerprint density at radius 1 is 1.24 bits per heavy atom. The molecular formula is C12H18F2N2S. The first kappa shape index (κ1) is 14.4. The van der Waals surface area contributed by atoms with Crippen molar-refractivity contribution in [1.82, 2.24) is 5.32 Å². The van der Waals surface area contributed by atoms with Gasteiger partial charge in [-0.05, 0) is 25.1 Å². The van der Waals surface area contributed by atoms with E-state index in [1.54, 1.807) is 11.8 Å². The number of alkyl halides is 2. The molecule has 5 heteroatoms. The highest BCUT2D eigenvalue weighted by Crippen LogP contribution is 2.17. The molecule has 2 nitrogen and oxygen atoms in total. The van der Waals surface area contributed by atoms with Crippen molar-refractivity contribution in [3.8, 4) is 0 Å².